The SMILES string of the molecule is CC(C)(C)CCNCCOc1ccc(Cl)cc1Br. The Morgan fingerprint density at radius 3 is 2.61 bits per heavy atom. The number of ether oxygens (including phenoxy) is 1. The van der Waals surface area contributed by atoms with Gasteiger partial charge in [-0.1, -0.05) is 32.4 Å². The molecular formula is C14H21BrClNO. The maximum atomic E-state index is 5.86. The van der Waals surface area contributed by atoms with Crippen LogP contribution in [0.25, 0.3) is 0 Å². The predicted molar refractivity (Wildman–Crippen MR) is 81.6 cm³/mol. The van der Waals surface area contributed by atoms with Crippen LogP contribution in [-0.4, -0.2) is 19.7 Å². The lowest BCUT2D eigenvalue weighted by atomic mass is 9.92. The van der Waals surface area contributed by atoms with Crippen LogP contribution < -0.4 is 10.1 Å². The van der Waals surface area contributed by atoms with Gasteiger partial charge >= 0.3 is 0 Å². The summed E-state index contributed by atoms with van der Waals surface area (Å²) in [4.78, 5) is 0. The van der Waals surface area contributed by atoms with Crippen molar-refractivity contribution in [2.45, 2.75) is 27.2 Å². The van der Waals surface area contributed by atoms with Crippen LogP contribution >= 0.6 is 27.5 Å². The van der Waals surface area contributed by atoms with Crippen molar-refractivity contribution in [3.8, 4) is 5.75 Å². The fraction of sp³-hybridized carbons (Fsp3) is 0.571. The Hall–Kier alpha value is -0.250. The molecule has 1 aromatic rings. The Kier molecular flexibility index (Phi) is 6.47. The number of halogens is 2. The molecule has 0 amide bonds. The lowest BCUT2D eigenvalue weighted by Gasteiger charge is -2.18. The third kappa shape index (κ3) is 6.62. The van der Waals surface area contributed by atoms with E-state index in [0.717, 1.165) is 29.7 Å². The van der Waals surface area contributed by atoms with Crippen LogP contribution in [0.2, 0.25) is 5.02 Å². The zero-order chi connectivity index (χ0) is 13.6. The van der Waals surface area contributed by atoms with Gasteiger partial charge in [0.05, 0.1) is 4.47 Å². The average molecular weight is 335 g/mol. The Morgan fingerprint density at radius 2 is 2.00 bits per heavy atom. The van der Waals surface area contributed by atoms with Crippen molar-refractivity contribution in [3.05, 3.63) is 27.7 Å². The first-order valence-corrected chi connectivity index (χ1v) is 7.34. The van der Waals surface area contributed by atoms with Gasteiger partial charge in [0, 0.05) is 11.6 Å². The molecule has 18 heavy (non-hydrogen) atoms. The monoisotopic (exact) mass is 333 g/mol. The Bertz CT molecular complexity index is 377. The van der Waals surface area contributed by atoms with E-state index in [4.69, 9.17) is 16.3 Å². The molecule has 0 spiro atoms. The maximum Gasteiger partial charge on any atom is 0.133 e. The van der Waals surface area contributed by atoms with Gasteiger partial charge in [0.15, 0.2) is 0 Å². The molecule has 1 rings (SSSR count). The maximum absolute atomic E-state index is 5.86. The highest BCUT2D eigenvalue weighted by Gasteiger charge is 2.08. The smallest absolute Gasteiger partial charge is 0.133 e. The highest BCUT2D eigenvalue weighted by atomic mass is 79.9. The second-order valence-electron chi connectivity index (χ2n) is 5.48. The van der Waals surface area contributed by atoms with Gasteiger partial charge in [0.2, 0.25) is 0 Å². The highest BCUT2D eigenvalue weighted by molar-refractivity contribution is 9.10. The van der Waals surface area contributed by atoms with Gasteiger partial charge in [-0.15, -0.1) is 0 Å². The first-order chi connectivity index (χ1) is 8.38. The summed E-state index contributed by atoms with van der Waals surface area (Å²) in [5.74, 6) is 0.831. The summed E-state index contributed by atoms with van der Waals surface area (Å²) in [7, 11) is 0. The molecular weight excluding hydrogens is 314 g/mol. The molecule has 0 saturated heterocycles. The van der Waals surface area contributed by atoms with Crippen LogP contribution in [0.1, 0.15) is 27.2 Å². The molecule has 2 nitrogen and oxygen atoms in total. The van der Waals surface area contributed by atoms with Crippen molar-refractivity contribution < 1.29 is 4.74 Å². The lowest BCUT2D eigenvalue weighted by molar-refractivity contribution is 0.302. The van der Waals surface area contributed by atoms with Crippen LogP contribution in [0, 0.1) is 5.41 Å². The summed E-state index contributed by atoms with van der Waals surface area (Å²) >= 11 is 9.29. The average Bonchev–Trinajstić information content (AvgIpc) is 2.24. The lowest BCUT2D eigenvalue weighted by Crippen LogP contribution is -2.25. The molecule has 0 saturated carbocycles. The van der Waals surface area contributed by atoms with Gasteiger partial charge in [0.1, 0.15) is 12.4 Å². The van der Waals surface area contributed by atoms with E-state index in [2.05, 4.69) is 42.0 Å². The largest absolute Gasteiger partial charge is 0.491 e. The van der Waals surface area contributed by atoms with Gasteiger partial charge in [0.25, 0.3) is 0 Å². The van der Waals surface area contributed by atoms with E-state index in [9.17, 15) is 0 Å². The molecule has 0 aliphatic heterocycles. The van der Waals surface area contributed by atoms with Crippen LogP contribution in [-0.2, 0) is 0 Å². The topological polar surface area (TPSA) is 21.3 Å². The zero-order valence-electron chi connectivity index (χ0n) is 11.2. The van der Waals surface area contributed by atoms with Crippen molar-refractivity contribution in [1.29, 1.82) is 0 Å². The highest BCUT2D eigenvalue weighted by Crippen LogP contribution is 2.27. The molecule has 0 atom stereocenters. The normalized spacial score (nSPS) is 11.6. The molecule has 0 radical (unpaired) electrons. The second kappa shape index (κ2) is 7.37. The number of rotatable bonds is 6. The standard InChI is InChI=1S/C14H21BrClNO/c1-14(2,3)6-7-17-8-9-18-13-5-4-11(16)10-12(13)15/h4-5,10,17H,6-9H2,1-3H3. The first kappa shape index (κ1) is 15.8. The molecule has 1 aromatic carbocycles. The third-order valence-corrected chi connectivity index (χ3v) is 3.34. The molecule has 102 valence electrons. The Balaban J connectivity index is 2.18. The van der Waals surface area contributed by atoms with Crippen LogP contribution in [0.3, 0.4) is 0 Å². The molecule has 0 heterocycles. The summed E-state index contributed by atoms with van der Waals surface area (Å²) in [5.41, 5.74) is 0.382. The Morgan fingerprint density at radius 1 is 1.28 bits per heavy atom. The molecule has 0 aliphatic carbocycles. The fourth-order valence-corrected chi connectivity index (χ4v) is 2.21. The van der Waals surface area contributed by atoms with Crippen molar-refractivity contribution in [1.82, 2.24) is 5.32 Å². The number of benzene rings is 1. The quantitative estimate of drug-likeness (QED) is 0.773. The molecule has 0 aliphatic rings. The fourth-order valence-electron chi connectivity index (χ4n) is 1.41. The molecule has 0 aromatic heterocycles. The van der Waals surface area contributed by atoms with Crippen LogP contribution in [0.4, 0.5) is 0 Å². The summed E-state index contributed by atoms with van der Waals surface area (Å²) in [6, 6.07) is 5.54. The van der Waals surface area contributed by atoms with Crippen molar-refractivity contribution in [2.75, 3.05) is 19.7 Å². The minimum Gasteiger partial charge on any atom is -0.491 e. The van der Waals surface area contributed by atoms with Crippen LogP contribution in [0.5, 0.6) is 5.75 Å². The van der Waals surface area contributed by atoms with E-state index in [1.54, 1.807) is 0 Å². The van der Waals surface area contributed by atoms with E-state index in [1.807, 2.05) is 18.2 Å². The summed E-state index contributed by atoms with van der Waals surface area (Å²) in [5, 5.41) is 4.08. The molecule has 0 fully saturated rings. The van der Waals surface area contributed by atoms with Crippen molar-refractivity contribution >= 4 is 27.5 Å². The summed E-state index contributed by atoms with van der Waals surface area (Å²) in [6.45, 7) is 9.27. The van der Waals surface area contributed by atoms with Gasteiger partial charge in [-0.3, -0.25) is 0 Å². The van der Waals surface area contributed by atoms with E-state index < -0.39 is 0 Å². The van der Waals surface area contributed by atoms with Crippen molar-refractivity contribution in [2.24, 2.45) is 5.41 Å². The number of hydrogen-bond acceptors (Lipinski definition) is 2. The molecule has 0 bridgehead atoms. The molecule has 1 N–H and O–H groups in total. The van der Waals surface area contributed by atoms with Gasteiger partial charge < -0.3 is 10.1 Å². The minimum atomic E-state index is 0.382. The van der Waals surface area contributed by atoms with Gasteiger partial charge in [-0.2, -0.15) is 0 Å². The number of nitrogens with one attached hydrogen (secondary N) is 1. The van der Waals surface area contributed by atoms with Crippen LogP contribution in [0.15, 0.2) is 22.7 Å². The van der Waals surface area contributed by atoms with E-state index >= 15 is 0 Å². The van der Waals surface area contributed by atoms with Crippen molar-refractivity contribution in [3.63, 3.8) is 0 Å². The molecule has 0 unspecified atom stereocenters. The minimum absolute atomic E-state index is 0.382. The zero-order valence-corrected chi connectivity index (χ0v) is 13.6. The van der Waals surface area contributed by atoms with Gasteiger partial charge in [-0.25, -0.2) is 0 Å². The van der Waals surface area contributed by atoms with E-state index in [1.165, 1.54) is 0 Å². The summed E-state index contributed by atoms with van der Waals surface area (Å²) < 4.78 is 6.55. The molecule has 4 heteroatoms. The Labute approximate surface area is 123 Å². The van der Waals surface area contributed by atoms with Gasteiger partial charge in [-0.05, 0) is 52.5 Å². The van der Waals surface area contributed by atoms with E-state index in [0.29, 0.717) is 17.0 Å². The number of hydrogen-bond donors (Lipinski definition) is 1. The summed E-state index contributed by atoms with van der Waals surface area (Å²) in [6.07, 6.45) is 1.16. The first-order valence-electron chi connectivity index (χ1n) is 6.17. The predicted octanol–water partition coefficient (Wildman–Crippen LogP) is 4.51. The third-order valence-electron chi connectivity index (χ3n) is 2.48. The van der Waals surface area contributed by atoms with E-state index in [-0.39, 0.29) is 0 Å². The second-order valence-corrected chi connectivity index (χ2v) is 6.77.